The van der Waals surface area contributed by atoms with Crippen molar-refractivity contribution in [2.75, 3.05) is 19.8 Å². The van der Waals surface area contributed by atoms with E-state index in [0.29, 0.717) is 6.04 Å². The van der Waals surface area contributed by atoms with Crippen molar-refractivity contribution in [1.29, 1.82) is 0 Å². The van der Waals surface area contributed by atoms with Gasteiger partial charge in [-0.3, -0.25) is 0 Å². The number of hydrogen-bond donors (Lipinski definition) is 1. The van der Waals surface area contributed by atoms with E-state index in [1.54, 1.807) is 0 Å². The zero-order valence-corrected chi connectivity index (χ0v) is 13.1. The molecule has 1 N–H and O–H groups in total. The molecule has 0 aliphatic heterocycles. The van der Waals surface area contributed by atoms with E-state index in [4.69, 9.17) is 4.74 Å². The molecule has 0 radical (unpaired) electrons. The lowest BCUT2D eigenvalue weighted by Gasteiger charge is -2.14. The highest BCUT2D eigenvalue weighted by Gasteiger charge is 2.00. The van der Waals surface area contributed by atoms with Crippen LogP contribution in [0.5, 0.6) is 0 Å². The smallest absolute Gasteiger partial charge is 0.0591 e. The number of unbranched alkanes of at least 4 members (excludes halogenated alkanes) is 4. The van der Waals surface area contributed by atoms with Gasteiger partial charge in [-0.15, -0.1) is 0 Å². The van der Waals surface area contributed by atoms with Gasteiger partial charge in [0.15, 0.2) is 0 Å². The van der Waals surface area contributed by atoms with Crippen LogP contribution in [0.25, 0.3) is 0 Å². The van der Waals surface area contributed by atoms with E-state index in [9.17, 15) is 0 Å². The van der Waals surface area contributed by atoms with Crippen molar-refractivity contribution in [3.63, 3.8) is 0 Å². The average molecular weight is 257 g/mol. The summed E-state index contributed by atoms with van der Waals surface area (Å²) in [5.74, 6) is 0.750. The molecule has 0 spiro atoms. The molecule has 0 aromatic rings. The molecular formula is C16H35NO. The van der Waals surface area contributed by atoms with Crippen LogP contribution in [0.1, 0.15) is 72.6 Å². The van der Waals surface area contributed by atoms with Crippen molar-refractivity contribution in [2.45, 2.75) is 78.7 Å². The standard InChI is InChI=1S/C16H35NO/c1-5-6-7-8-9-10-16(4)17-12-14-18-13-11-15(2)3/h15-17H,5-14H2,1-4H3. The van der Waals surface area contributed by atoms with E-state index in [1.807, 2.05) is 0 Å². The fourth-order valence-corrected chi connectivity index (χ4v) is 1.95. The predicted molar refractivity (Wildman–Crippen MR) is 81.1 cm³/mol. The van der Waals surface area contributed by atoms with Gasteiger partial charge in [0.25, 0.3) is 0 Å². The van der Waals surface area contributed by atoms with Gasteiger partial charge in [0.1, 0.15) is 0 Å². The molecule has 0 aliphatic carbocycles. The van der Waals surface area contributed by atoms with E-state index in [1.165, 1.54) is 44.9 Å². The van der Waals surface area contributed by atoms with Crippen LogP contribution in [0, 0.1) is 5.92 Å². The highest BCUT2D eigenvalue weighted by Crippen LogP contribution is 2.06. The highest BCUT2D eigenvalue weighted by atomic mass is 16.5. The Morgan fingerprint density at radius 2 is 1.61 bits per heavy atom. The molecule has 0 heterocycles. The first-order chi connectivity index (χ1) is 8.66. The highest BCUT2D eigenvalue weighted by molar-refractivity contribution is 4.60. The molecule has 0 fully saturated rings. The summed E-state index contributed by atoms with van der Waals surface area (Å²) >= 11 is 0. The maximum absolute atomic E-state index is 5.59. The summed E-state index contributed by atoms with van der Waals surface area (Å²) in [6.07, 6.45) is 9.37. The lowest BCUT2D eigenvalue weighted by Crippen LogP contribution is -2.29. The molecule has 0 saturated heterocycles. The summed E-state index contributed by atoms with van der Waals surface area (Å²) < 4.78 is 5.59. The maximum Gasteiger partial charge on any atom is 0.0591 e. The van der Waals surface area contributed by atoms with Crippen LogP contribution in [-0.4, -0.2) is 25.8 Å². The minimum Gasteiger partial charge on any atom is -0.380 e. The summed E-state index contributed by atoms with van der Waals surface area (Å²) in [5.41, 5.74) is 0. The maximum atomic E-state index is 5.59. The van der Waals surface area contributed by atoms with Gasteiger partial charge >= 0.3 is 0 Å². The molecule has 1 atom stereocenters. The summed E-state index contributed by atoms with van der Waals surface area (Å²) in [6.45, 7) is 11.8. The zero-order chi connectivity index (χ0) is 13.6. The Kier molecular flexibility index (Phi) is 13.3. The van der Waals surface area contributed by atoms with Gasteiger partial charge in [0, 0.05) is 19.2 Å². The van der Waals surface area contributed by atoms with E-state index in [2.05, 4.69) is 33.0 Å². The zero-order valence-electron chi connectivity index (χ0n) is 13.1. The monoisotopic (exact) mass is 257 g/mol. The molecule has 2 nitrogen and oxygen atoms in total. The first-order valence-corrected chi connectivity index (χ1v) is 7.98. The average Bonchev–Trinajstić information content (AvgIpc) is 2.33. The summed E-state index contributed by atoms with van der Waals surface area (Å²) in [6, 6.07) is 0.639. The molecule has 0 saturated carbocycles. The Balaban J connectivity index is 3.14. The number of nitrogens with one attached hydrogen (secondary N) is 1. The Morgan fingerprint density at radius 1 is 0.889 bits per heavy atom. The Bertz CT molecular complexity index is 159. The molecular weight excluding hydrogens is 222 g/mol. The molecule has 110 valence electrons. The first-order valence-electron chi connectivity index (χ1n) is 7.98. The number of hydrogen-bond acceptors (Lipinski definition) is 2. The molecule has 0 rings (SSSR count). The molecule has 0 amide bonds. The fourth-order valence-electron chi connectivity index (χ4n) is 1.95. The van der Waals surface area contributed by atoms with Crippen LogP contribution in [0.15, 0.2) is 0 Å². The lowest BCUT2D eigenvalue weighted by molar-refractivity contribution is 0.123. The largest absolute Gasteiger partial charge is 0.380 e. The van der Waals surface area contributed by atoms with Crippen LogP contribution >= 0.6 is 0 Å². The van der Waals surface area contributed by atoms with Crippen LogP contribution in [-0.2, 0) is 4.74 Å². The second-order valence-electron chi connectivity index (χ2n) is 5.85. The molecule has 0 aliphatic rings. The van der Waals surface area contributed by atoms with Gasteiger partial charge in [-0.05, 0) is 25.7 Å². The van der Waals surface area contributed by atoms with Gasteiger partial charge in [0.2, 0.25) is 0 Å². The van der Waals surface area contributed by atoms with Crippen molar-refractivity contribution in [3.05, 3.63) is 0 Å². The van der Waals surface area contributed by atoms with Crippen molar-refractivity contribution >= 4 is 0 Å². The van der Waals surface area contributed by atoms with Gasteiger partial charge in [-0.1, -0.05) is 52.9 Å². The topological polar surface area (TPSA) is 21.3 Å². The Hall–Kier alpha value is -0.0800. The number of rotatable bonds is 13. The van der Waals surface area contributed by atoms with Gasteiger partial charge < -0.3 is 10.1 Å². The number of ether oxygens (including phenoxy) is 1. The quantitative estimate of drug-likeness (QED) is 0.494. The predicted octanol–water partition coefficient (Wildman–Crippen LogP) is 4.39. The Labute approximate surface area is 115 Å². The van der Waals surface area contributed by atoms with E-state index in [0.717, 1.165) is 25.7 Å². The second kappa shape index (κ2) is 13.4. The van der Waals surface area contributed by atoms with E-state index in [-0.39, 0.29) is 0 Å². The van der Waals surface area contributed by atoms with Crippen LogP contribution in [0.4, 0.5) is 0 Å². The molecule has 18 heavy (non-hydrogen) atoms. The molecule has 0 aromatic heterocycles. The van der Waals surface area contributed by atoms with E-state index >= 15 is 0 Å². The van der Waals surface area contributed by atoms with Gasteiger partial charge in [-0.25, -0.2) is 0 Å². The van der Waals surface area contributed by atoms with E-state index < -0.39 is 0 Å². The van der Waals surface area contributed by atoms with Crippen molar-refractivity contribution in [1.82, 2.24) is 5.32 Å². The third-order valence-corrected chi connectivity index (χ3v) is 3.32. The van der Waals surface area contributed by atoms with Crippen molar-refractivity contribution < 1.29 is 4.74 Å². The summed E-state index contributed by atoms with van der Waals surface area (Å²) in [5, 5.41) is 3.54. The van der Waals surface area contributed by atoms with Crippen LogP contribution < -0.4 is 5.32 Å². The van der Waals surface area contributed by atoms with Gasteiger partial charge in [0.05, 0.1) is 6.61 Å². The Morgan fingerprint density at radius 3 is 2.28 bits per heavy atom. The third-order valence-electron chi connectivity index (χ3n) is 3.32. The fraction of sp³-hybridized carbons (Fsp3) is 1.00. The summed E-state index contributed by atoms with van der Waals surface area (Å²) in [7, 11) is 0. The third kappa shape index (κ3) is 14.0. The van der Waals surface area contributed by atoms with Crippen LogP contribution in [0.3, 0.4) is 0 Å². The SMILES string of the molecule is CCCCCCCC(C)NCCOCCC(C)C. The van der Waals surface area contributed by atoms with Gasteiger partial charge in [-0.2, -0.15) is 0 Å². The molecule has 1 unspecified atom stereocenters. The first kappa shape index (κ1) is 17.9. The lowest BCUT2D eigenvalue weighted by atomic mass is 10.1. The normalized spacial score (nSPS) is 13.2. The molecule has 0 aromatic carbocycles. The van der Waals surface area contributed by atoms with Crippen molar-refractivity contribution in [3.8, 4) is 0 Å². The van der Waals surface area contributed by atoms with Crippen LogP contribution in [0.2, 0.25) is 0 Å². The summed E-state index contributed by atoms with van der Waals surface area (Å²) in [4.78, 5) is 0. The second-order valence-corrected chi connectivity index (χ2v) is 5.85. The minimum absolute atomic E-state index is 0.639. The van der Waals surface area contributed by atoms with Crippen molar-refractivity contribution in [2.24, 2.45) is 5.92 Å². The molecule has 2 heteroatoms. The minimum atomic E-state index is 0.639. The molecule has 0 bridgehead atoms.